The maximum Gasteiger partial charge on any atom is 0.311 e. The van der Waals surface area contributed by atoms with Crippen molar-refractivity contribution in [1.29, 1.82) is 0 Å². The lowest BCUT2D eigenvalue weighted by atomic mass is 9.82. The fourth-order valence-electron chi connectivity index (χ4n) is 7.81. The number of nitrogens with two attached hydrogens (primary N) is 1. The van der Waals surface area contributed by atoms with Crippen LogP contribution in [0.4, 0.5) is 0 Å². The first-order chi connectivity index (χ1) is 30.6. The van der Waals surface area contributed by atoms with Crippen LogP contribution in [0, 0.1) is 17.8 Å². The average molecular weight is 922 g/mol. The maximum absolute atomic E-state index is 12.7. The summed E-state index contributed by atoms with van der Waals surface area (Å²) >= 11 is 0. The van der Waals surface area contributed by atoms with E-state index in [4.69, 9.17) is 24.7 Å². The standard InChI is InChI=1S/C47H71NO17/c1-27-17-15-13-11-9-7-5-6-8-10-12-14-16-18-34(64-46-44(58)41(48)43(57)30(4)63-46)24-38-40(45(59)60)37(54)26-47(61,65-38)25-36(53)35(52)20-19-31(49)21-32(50)22-33(51)23-39(55)62-29(3)28(2)42(27)56/h5-18,27-31,33-38,40-44,46,49,51-54,56-58,61H,19-26,48H2,1-4H3,(H,59,60)/b6-5-,9-7-,10-8-,13-11-,14-12-,17-15-,18-16-/t27-,28-,29-,30?,31+,33+,34-,35+,36+,37-,38?,40+,41?,42+,43?,44?,46?,47+/m0/s1. The van der Waals surface area contributed by atoms with Crippen LogP contribution in [0.25, 0.3) is 0 Å². The van der Waals surface area contributed by atoms with Crippen molar-refractivity contribution in [3.8, 4) is 0 Å². The van der Waals surface area contributed by atoms with Crippen LogP contribution in [0.1, 0.15) is 79.1 Å². The molecule has 3 aliphatic heterocycles. The molecule has 18 heteroatoms. The molecule has 3 aliphatic rings. The summed E-state index contributed by atoms with van der Waals surface area (Å²) in [6.45, 7) is 6.69. The van der Waals surface area contributed by atoms with Crippen LogP contribution in [0.5, 0.6) is 0 Å². The van der Waals surface area contributed by atoms with Crippen molar-refractivity contribution in [3.63, 3.8) is 0 Å². The second-order valence-electron chi connectivity index (χ2n) is 17.4. The summed E-state index contributed by atoms with van der Waals surface area (Å²) in [5.41, 5.74) is 6.01. The monoisotopic (exact) mass is 921 g/mol. The van der Waals surface area contributed by atoms with Gasteiger partial charge in [-0.2, -0.15) is 0 Å². The third kappa shape index (κ3) is 18.5. The van der Waals surface area contributed by atoms with E-state index in [0.29, 0.717) is 0 Å². The highest BCUT2D eigenvalue weighted by Gasteiger charge is 2.51. The Morgan fingerprint density at radius 2 is 1.22 bits per heavy atom. The van der Waals surface area contributed by atoms with E-state index < -0.39 is 153 Å². The van der Waals surface area contributed by atoms with Crippen LogP contribution < -0.4 is 5.73 Å². The van der Waals surface area contributed by atoms with Gasteiger partial charge in [0, 0.05) is 43.9 Å². The van der Waals surface area contributed by atoms with E-state index in [2.05, 4.69) is 0 Å². The number of carbonyl (C=O) groups excluding carboxylic acids is 2. The van der Waals surface area contributed by atoms with Gasteiger partial charge < -0.3 is 75.7 Å². The molecule has 0 aromatic rings. The molecule has 12 N–H and O–H groups in total. The van der Waals surface area contributed by atoms with E-state index in [9.17, 15) is 65.4 Å². The summed E-state index contributed by atoms with van der Waals surface area (Å²) in [4.78, 5) is 37.7. The number of aliphatic hydroxyl groups excluding tert-OH is 8. The number of ketones is 1. The third-order valence-corrected chi connectivity index (χ3v) is 11.9. The van der Waals surface area contributed by atoms with E-state index in [1.165, 1.54) is 13.0 Å². The lowest BCUT2D eigenvalue weighted by Crippen LogP contribution is -2.61. The molecule has 2 bridgehead atoms. The number of aliphatic carboxylic acids is 1. The molecule has 18 nitrogen and oxygen atoms in total. The third-order valence-electron chi connectivity index (χ3n) is 11.9. The molecule has 6 unspecified atom stereocenters. The number of aliphatic hydroxyl groups is 9. The first kappa shape index (κ1) is 55.6. The molecule has 18 atom stereocenters. The van der Waals surface area contributed by atoms with Gasteiger partial charge in [0.2, 0.25) is 0 Å². The molecular formula is C47H71NO17. The predicted octanol–water partition coefficient (Wildman–Crippen LogP) is 0.920. The number of hydrogen-bond donors (Lipinski definition) is 11. The first-order valence-electron chi connectivity index (χ1n) is 22.2. The average Bonchev–Trinajstić information content (AvgIpc) is 3.21. The number of hydrogen-bond acceptors (Lipinski definition) is 17. The molecule has 65 heavy (non-hydrogen) atoms. The van der Waals surface area contributed by atoms with Gasteiger partial charge in [0.15, 0.2) is 12.1 Å². The number of cyclic esters (lactones) is 1. The van der Waals surface area contributed by atoms with Crippen LogP contribution in [-0.2, 0) is 33.3 Å². The van der Waals surface area contributed by atoms with Crippen LogP contribution in [0.3, 0.4) is 0 Å². The number of fused-ring (bicyclic) bond motifs is 2. The van der Waals surface area contributed by atoms with Gasteiger partial charge >= 0.3 is 11.9 Å². The van der Waals surface area contributed by atoms with E-state index >= 15 is 0 Å². The zero-order chi connectivity index (χ0) is 48.4. The summed E-state index contributed by atoms with van der Waals surface area (Å²) in [6, 6.07) is -1.15. The summed E-state index contributed by atoms with van der Waals surface area (Å²) in [5, 5.41) is 107. The molecule has 0 aromatic carbocycles. The summed E-state index contributed by atoms with van der Waals surface area (Å²) in [7, 11) is 0. The Bertz CT molecular complexity index is 1710. The van der Waals surface area contributed by atoms with Crippen LogP contribution >= 0.6 is 0 Å². The van der Waals surface area contributed by atoms with Crippen molar-refractivity contribution in [1.82, 2.24) is 0 Å². The van der Waals surface area contributed by atoms with Crippen molar-refractivity contribution >= 4 is 17.7 Å². The highest BCUT2D eigenvalue weighted by atomic mass is 16.7. The fourth-order valence-corrected chi connectivity index (χ4v) is 7.81. The molecule has 0 spiro atoms. The SMILES string of the molecule is CC1OC(O[C@H]2\C=C/C=C\C=C/C=C\C=C/C=C\C=C/[C@H](C)[C@@H](O)[C@@H](C)[C@H](C)OC(=O)C[C@H](O)CC(=O)C[C@H](O)CC[C@@H](O)[C@H](O)C[C@]3(O)C[C@H](O)[C@@H](C(=O)O)C(C2)O3)C(O)C(N)C1O. The largest absolute Gasteiger partial charge is 0.481 e. The molecule has 0 saturated carbocycles. The molecule has 3 rings (SSSR count). The van der Waals surface area contributed by atoms with Crippen LogP contribution in [0.15, 0.2) is 85.1 Å². The minimum Gasteiger partial charge on any atom is -0.481 e. The number of esters is 1. The molecule has 2 saturated heterocycles. The highest BCUT2D eigenvalue weighted by Crippen LogP contribution is 2.38. The highest BCUT2D eigenvalue weighted by molar-refractivity contribution is 5.80. The molecule has 0 aliphatic carbocycles. The van der Waals surface area contributed by atoms with Crippen molar-refractivity contribution in [2.75, 3.05) is 0 Å². The minimum absolute atomic E-state index is 0.201. The minimum atomic E-state index is -2.37. The Labute approximate surface area is 380 Å². The number of carbonyl (C=O) groups is 3. The summed E-state index contributed by atoms with van der Waals surface area (Å²) < 4.78 is 23.1. The smallest absolute Gasteiger partial charge is 0.311 e. The Morgan fingerprint density at radius 3 is 1.80 bits per heavy atom. The molecular weight excluding hydrogens is 851 g/mol. The fraction of sp³-hybridized carbons (Fsp3) is 0.638. The predicted molar refractivity (Wildman–Crippen MR) is 236 cm³/mol. The second kappa shape index (κ2) is 27.2. The van der Waals surface area contributed by atoms with E-state index in [1.54, 1.807) is 86.8 Å². The van der Waals surface area contributed by atoms with Crippen molar-refractivity contribution in [2.45, 2.75) is 170 Å². The quantitative estimate of drug-likeness (QED) is 0.175. The Morgan fingerprint density at radius 1 is 0.677 bits per heavy atom. The number of allylic oxidation sites excluding steroid dienone is 12. The van der Waals surface area contributed by atoms with Gasteiger partial charge in [-0.05, 0) is 26.7 Å². The molecule has 0 amide bonds. The van der Waals surface area contributed by atoms with Gasteiger partial charge in [-0.3, -0.25) is 14.4 Å². The Hall–Kier alpha value is -3.73. The van der Waals surface area contributed by atoms with Crippen molar-refractivity contribution in [2.24, 2.45) is 23.5 Å². The second-order valence-corrected chi connectivity index (χ2v) is 17.4. The zero-order valence-electron chi connectivity index (χ0n) is 37.5. The van der Waals surface area contributed by atoms with E-state index in [-0.39, 0.29) is 25.2 Å². The number of Topliss-reactive ketones (excluding diaryl/α,β-unsaturated/α-hetero) is 1. The van der Waals surface area contributed by atoms with Gasteiger partial charge in [-0.1, -0.05) is 98.9 Å². The molecule has 2 fully saturated rings. The molecule has 0 radical (unpaired) electrons. The molecule has 3 heterocycles. The Kier molecular flexibility index (Phi) is 23.2. The normalized spacial score (nSPS) is 44.4. The van der Waals surface area contributed by atoms with Gasteiger partial charge in [-0.25, -0.2) is 0 Å². The number of rotatable bonds is 3. The van der Waals surface area contributed by atoms with Crippen LogP contribution in [0.2, 0.25) is 0 Å². The molecule has 0 aromatic heterocycles. The van der Waals surface area contributed by atoms with Crippen molar-refractivity contribution in [3.05, 3.63) is 85.1 Å². The number of carboxylic acid groups (broad SMARTS) is 1. The van der Waals surface area contributed by atoms with E-state index in [0.717, 1.165) is 0 Å². The summed E-state index contributed by atoms with van der Waals surface area (Å²) in [6.07, 6.45) is 3.75. The zero-order valence-corrected chi connectivity index (χ0v) is 37.5. The van der Waals surface area contributed by atoms with Gasteiger partial charge in [-0.15, -0.1) is 0 Å². The Balaban J connectivity index is 1.86. The summed E-state index contributed by atoms with van der Waals surface area (Å²) in [5.74, 6) is -7.57. The first-order valence-corrected chi connectivity index (χ1v) is 22.2. The number of ether oxygens (including phenoxy) is 4. The lowest BCUT2D eigenvalue weighted by Gasteiger charge is -2.45. The molecule has 366 valence electrons. The van der Waals surface area contributed by atoms with Gasteiger partial charge in [0.1, 0.15) is 23.9 Å². The topological polar surface area (TPSA) is 316 Å². The van der Waals surface area contributed by atoms with Gasteiger partial charge in [0.25, 0.3) is 0 Å². The van der Waals surface area contributed by atoms with Gasteiger partial charge in [0.05, 0.1) is 73.5 Å². The lowest BCUT2D eigenvalue weighted by molar-refractivity contribution is -0.310. The number of carboxylic acids is 1. The maximum atomic E-state index is 12.7. The van der Waals surface area contributed by atoms with E-state index in [1.807, 2.05) is 13.0 Å². The van der Waals surface area contributed by atoms with Crippen molar-refractivity contribution < 1.29 is 84.4 Å². The van der Waals surface area contributed by atoms with Crippen LogP contribution in [-0.4, -0.2) is 160 Å².